The summed E-state index contributed by atoms with van der Waals surface area (Å²) in [5.74, 6) is 0. The van der Waals surface area contributed by atoms with Crippen molar-refractivity contribution in [2.24, 2.45) is 7.05 Å². The summed E-state index contributed by atoms with van der Waals surface area (Å²) in [7, 11) is 2.04. The summed E-state index contributed by atoms with van der Waals surface area (Å²) >= 11 is 0. The fraction of sp³-hybridized carbons (Fsp3) is 0.769. The van der Waals surface area contributed by atoms with Crippen LogP contribution in [0.25, 0.3) is 0 Å². The van der Waals surface area contributed by atoms with Crippen LogP contribution in [0.5, 0.6) is 0 Å². The third-order valence-corrected chi connectivity index (χ3v) is 3.23. The van der Waals surface area contributed by atoms with E-state index >= 15 is 0 Å². The van der Waals surface area contributed by atoms with E-state index in [1.807, 2.05) is 11.7 Å². The Balaban J connectivity index is 3.17. The Morgan fingerprint density at radius 1 is 1.20 bits per heavy atom. The lowest BCUT2D eigenvalue weighted by atomic mass is 9.84. The van der Waals surface area contributed by atoms with E-state index in [-0.39, 0.29) is 10.8 Å². The van der Waals surface area contributed by atoms with Crippen LogP contribution < -0.4 is 0 Å². The average Bonchev–Trinajstić information content (AvgIpc) is 2.47. The number of hydrogen-bond donors (Lipinski definition) is 0. The first-order chi connectivity index (χ1) is 6.68. The molecule has 0 N–H and O–H groups in total. The van der Waals surface area contributed by atoms with Crippen LogP contribution in [-0.2, 0) is 17.9 Å². The number of aryl methyl sites for hydroxylation is 1. The van der Waals surface area contributed by atoms with E-state index < -0.39 is 0 Å². The van der Waals surface area contributed by atoms with Gasteiger partial charge in [0, 0.05) is 23.6 Å². The van der Waals surface area contributed by atoms with E-state index in [2.05, 4.69) is 52.7 Å². The van der Waals surface area contributed by atoms with Gasteiger partial charge in [-0.15, -0.1) is 0 Å². The molecular formula is C13H24N2. The van der Waals surface area contributed by atoms with Crippen molar-refractivity contribution in [1.82, 2.24) is 9.78 Å². The van der Waals surface area contributed by atoms with E-state index in [0.717, 1.165) is 6.42 Å². The molecule has 1 rings (SSSR count). The molecule has 2 nitrogen and oxygen atoms in total. The van der Waals surface area contributed by atoms with Crippen molar-refractivity contribution in [2.75, 3.05) is 0 Å². The molecular weight excluding hydrogens is 184 g/mol. The quantitative estimate of drug-likeness (QED) is 0.728. The maximum absolute atomic E-state index is 4.64. The van der Waals surface area contributed by atoms with E-state index in [1.165, 1.54) is 11.4 Å². The fourth-order valence-corrected chi connectivity index (χ4v) is 1.68. The van der Waals surface area contributed by atoms with Crippen molar-refractivity contribution in [3.05, 3.63) is 17.5 Å². The van der Waals surface area contributed by atoms with Gasteiger partial charge >= 0.3 is 0 Å². The summed E-state index contributed by atoms with van der Waals surface area (Å²) in [5.41, 5.74) is 2.86. The second-order valence-corrected chi connectivity index (χ2v) is 6.03. The summed E-state index contributed by atoms with van der Waals surface area (Å²) < 4.78 is 2.02. The van der Waals surface area contributed by atoms with Crippen LogP contribution >= 0.6 is 0 Å². The van der Waals surface area contributed by atoms with Crippen LogP contribution in [0, 0.1) is 0 Å². The van der Waals surface area contributed by atoms with E-state index in [0.29, 0.717) is 0 Å². The van der Waals surface area contributed by atoms with Gasteiger partial charge in [0.1, 0.15) is 0 Å². The van der Waals surface area contributed by atoms with Gasteiger partial charge in [-0.1, -0.05) is 41.5 Å². The molecule has 0 bridgehead atoms. The molecule has 1 aromatic rings. The minimum atomic E-state index is 0.170. The van der Waals surface area contributed by atoms with Crippen LogP contribution in [0.1, 0.15) is 59.4 Å². The monoisotopic (exact) mass is 208 g/mol. The summed E-state index contributed by atoms with van der Waals surface area (Å²) in [6, 6.07) is 2.25. The van der Waals surface area contributed by atoms with Gasteiger partial charge in [0.25, 0.3) is 0 Å². The number of rotatable bonds is 2. The Bertz CT molecular complexity index is 340. The molecule has 0 fully saturated rings. The summed E-state index contributed by atoms with van der Waals surface area (Å²) in [6.07, 6.45) is 1.12. The SMILES string of the molecule is CCC(C)(C)c1cc(C(C)(C)C)n(C)n1. The molecule has 0 saturated heterocycles. The predicted molar refractivity (Wildman–Crippen MR) is 65.2 cm³/mol. The number of hydrogen-bond acceptors (Lipinski definition) is 1. The topological polar surface area (TPSA) is 17.8 Å². The zero-order valence-electron chi connectivity index (χ0n) is 11.2. The molecule has 1 aromatic heterocycles. The predicted octanol–water partition coefficient (Wildman–Crippen LogP) is 3.41. The van der Waals surface area contributed by atoms with Gasteiger partial charge in [0.15, 0.2) is 0 Å². The molecule has 0 aliphatic carbocycles. The second kappa shape index (κ2) is 3.66. The zero-order chi connectivity index (χ0) is 11.9. The van der Waals surface area contributed by atoms with Gasteiger partial charge in [-0.2, -0.15) is 5.10 Å². The standard InChI is InChI=1S/C13H24N2/c1-8-13(5,6)10-9-11(12(2,3)4)15(7)14-10/h9H,8H2,1-7H3. The third kappa shape index (κ3) is 2.42. The van der Waals surface area contributed by atoms with Crippen LogP contribution in [0.15, 0.2) is 6.07 Å². The minimum absolute atomic E-state index is 0.170. The van der Waals surface area contributed by atoms with Crippen LogP contribution in [-0.4, -0.2) is 9.78 Å². The molecule has 0 spiro atoms. The molecule has 0 saturated carbocycles. The van der Waals surface area contributed by atoms with Gasteiger partial charge in [-0.3, -0.25) is 4.68 Å². The molecule has 0 amide bonds. The molecule has 0 aromatic carbocycles. The Kier molecular flexibility index (Phi) is 2.99. The Labute approximate surface area is 93.7 Å². The Morgan fingerprint density at radius 2 is 1.73 bits per heavy atom. The van der Waals surface area contributed by atoms with E-state index in [9.17, 15) is 0 Å². The average molecular weight is 208 g/mol. The maximum Gasteiger partial charge on any atom is 0.0683 e. The summed E-state index contributed by atoms with van der Waals surface area (Å²) in [5, 5.41) is 4.64. The normalized spacial score (nSPS) is 13.3. The zero-order valence-corrected chi connectivity index (χ0v) is 11.2. The van der Waals surface area contributed by atoms with E-state index in [1.54, 1.807) is 0 Å². The molecule has 86 valence electrons. The smallest absolute Gasteiger partial charge is 0.0683 e. The van der Waals surface area contributed by atoms with Gasteiger partial charge in [-0.25, -0.2) is 0 Å². The molecule has 0 atom stereocenters. The van der Waals surface area contributed by atoms with Crippen LogP contribution in [0.4, 0.5) is 0 Å². The van der Waals surface area contributed by atoms with Crippen LogP contribution in [0.3, 0.4) is 0 Å². The fourth-order valence-electron chi connectivity index (χ4n) is 1.68. The van der Waals surface area contributed by atoms with Crippen molar-refractivity contribution in [2.45, 2.75) is 58.8 Å². The maximum atomic E-state index is 4.64. The van der Waals surface area contributed by atoms with Gasteiger partial charge in [0.2, 0.25) is 0 Å². The lowest BCUT2D eigenvalue weighted by Crippen LogP contribution is -2.16. The molecule has 0 aliphatic rings. The Morgan fingerprint density at radius 3 is 2.07 bits per heavy atom. The molecule has 0 aliphatic heterocycles. The highest BCUT2D eigenvalue weighted by atomic mass is 15.3. The van der Waals surface area contributed by atoms with Crippen molar-refractivity contribution in [3.63, 3.8) is 0 Å². The molecule has 1 heterocycles. The first-order valence-electron chi connectivity index (χ1n) is 5.73. The lowest BCUT2D eigenvalue weighted by molar-refractivity contribution is 0.478. The van der Waals surface area contributed by atoms with Crippen molar-refractivity contribution >= 4 is 0 Å². The molecule has 15 heavy (non-hydrogen) atoms. The van der Waals surface area contributed by atoms with Gasteiger partial charge in [0.05, 0.1) is 5.69 Å². The van der Waals surface area contributed by atoms with Crippen molar-refractivity contribution < 1.29 is 0 Å². The Hall–Kier alpha value is -0.790. The molecule has 0 unspecified atom stereocenters. The largest absolute Gasteiger partial charge is 0.272 e. The van der Waals surface area contributed by atoms with Crippen molar-refractivity contribution in [3.8, 4) is 0 Å². The highest BCUT2D eigenvalue weighted by Gasteiger charge is 2.26. The highest BCUT2D eigenvalue weighted by molar-refractivity contribution is 5.22. The summed E-state index contributed by atoms with van der Waals surface area (Å²) in [4.78, 5) is 0. The number of aromatic nitrogens is 2. The third-order valence-electron chi connectivity index (χ3n) is 3.23. The van der Waals surface area contributed by atoms with Gasteiger partial charge < -0.3 is 0 Å². The van der Waals surface area contributed by atoms with Crippen molar-refractivity contribution in [1.29, 1.82) is 0 Å². The molecule has 0 radical (unpaired) electrons. The minimum Gasteiger partial charge on any atom is -0.272 e. The van der Waals surface area contributed by atoms with Gasteiger partial charge in [-0.05, 0) is 12.5 Å². The first-order valence-corrected chi connectivity index (χ1v) is 5.73. The highest BCUT2D eigenvalue weighted by Crippen LogP contribution is 2.30. The lowest BCUT2D eigenvalue weighted by Gasteiger charge is -2.19. The first kappa shape index (κ1) is 12.3. The van der Waals surface area contributed by atoms with Crippen LogP contribution in [0.2, 0.25) is 0 Å². The number of nitrogens with zero attached hydrogens (tertiary/aromatic N) is 2. The van der Waals surface area contributed by atoms with E-state index in [4.69, 9.17) is 0 Å². The molecule has 2 heteroatoms. The second-order valence-electron chi connectivity index (χ2n) is 6.03. The summed E-state index contributed by atoms with van der Waals surface area (Å²) in [6.45, 7) is 13.4.